The highest BCUT2D eigenvalue weighted by Crippen LogP contribution is 2.52. The fourth-order valence-corrected chi connectivity index (χ4v) is 6.28. The molecule has 0 radical (unpaired) electrons. The van der Waals surface area contributed by atoms with E-state index < -0.39 is 28.2 Å². The van der Waals surface area contributed by atoms with Gasteiger partial charge >= 0.3 is 5.63 Å². The summed E-state index contributed by atoms with van der Waals surface area (Å²) >= 11 is 0.895. The third-order valence-electron chi connectivity index (χ3n) is 6.96. The van der Waals surface area contributed by atoms with Crippen LogP contribution in [0.5, 0.6) is 5.75 Å². The fourth-order valence-electron chi connectivity index (χ4n) is 5.45. The highest BCUT2D eigenvalue weighted by molar-refractivity contribution is 7.99. The Hall–Kier alpha value is -3.39. The fraction of sp³-hybridized carbons (Fsp3) is 0.231. The van der Waals surface area contributed by atoms with Crippen molar-refractivity contribution in [2.45, 2.75) is 47.3 Å². The molecule has 172 valence electrons. The Morgan fingerprint density at radius 1 is 0.941 bits per heavy atom. The van der Waals surface area contributed by atoms with Crippen molar-refractivity contribution < 1.29 is 18.3 Å². The van der Waals surface area contributed by atoms with E-state index in [1.807, 2.05) is 0 Å². The van der Waals surface area contributed by atoms with Gasteiger partial charge in [-0.1, -0.05) is 31.0 Å². The number of hydrogen-bond acceptors (Lipinski definition) is 5. The van der Waals surface area contributed by atoms with E-state index in [1.54, 1.807) is 12.1 Å². The van der Waals surface area contributed by atoms with E-state index in [1.165, 1.54) is 41.0 Å². The SMILES string of the molecule is O=c1oc2cc3n(c(=O)c2c(O)c1Sc1ccc(F)cc1)-c1ccc(F)cc1C31CCCCC1. The van der Waals surface area contributed by atoms with Gasteiger partial charge in [-0.15, -0.1) is 0 Å². The van der Waals surface area contributed by atoms with Crippen LogP contribution in [0.4, 0.5) is 8.78 Å². The van der Waals surface area contributed by atoms with Crippen LogP contribution in [0.3, 0.4) is 0 Å². The summed E-state index contributed by atoms with van der Waals surface area (Å²) in [5.41, 5.74) is 0.143. The zero-order valence-electron chi connectivity index (χ0n) is 17.9. The first-order valence-electron chi connectivity index (χ1n) is 11.1. The van der Waals surface area contributed by atoms with E-state index in [4.69, 9.17) is 4.42 Å². The second-order valence-electron chi connectivity index (χ2n) is 8.84. The quantitative estimate of drug-likeness (QED) is 0.403. The maximum absolute atomic E-state index is 14.3. The molecule has 1 N–H and O–H groups in total. The molecule has 3 heterocycles. The van der Waals surface area contributed by atoms with Gasteiger partial charge in [0.2, 0.25) is 0 Å². The zero-order valence-corrected chi connectivity index (χ0v) is 18.8. The van der Waals surface area contributed by atoms with Crippen LogP contribution in [-0.4, -0.2) is 9.67 Å². The smallest absolute Gasteiger partial charge is 0.354 e. The lowest BCUT2D eigenvalue weighted by molar-refractivity contribution is 0.345. The average Bonchev–Trinajstić information content (AvgIpc) is 3.07. The van der Waals surface area contributed by atoms with Gasteiger partial charge in [-0.2, -0.15) is 0 Å². The van der Waals surface area contributed by atoms with Gasteiger partial charge in [0.1, 0.15) is 27.5 Å². The van der Waals surface area contributed by atoms with Gasteiger partial charge in [0.05, 0.1) is 5.69 Å². The van der Waals surface area contributed by atoms with Crippen LogP contribution >= 0.6 is 11.8 Å². The van der Waals surface area contributed by atoms with Gasteiger partial charge in [-0.05, 0) is 60.9 Å². The molecule has 0 bridgehead atoms. The number of aromatic hydroxyl groups is 1. The van der Waals surface area contributed by atoms with Gasteiger partial charge in [-0.25, -0.2) is 13.6 Å². The maximum Gasteiger partial charge on any atom is 0.354 e. The lowest BCUT2D eigenvalue weighted by Crippen LogP contribution is -2.31. The van der Waals surface area contributed by atoms with Crippen molar-refractivity contribution in [1.82, 2.24) is 4.57 Å². The van der Waals surface area contributed by atoms with Crippen molar-refractivity contribution in [3.8, 4) is 11.4 Å². The molecular formula is C26H19F2NO4S. The van der Waals surface area contributed by atoms with Crippen LogP contribution in [0.2, 0.25) is 0 Å². The van der Waals surface area contributed by atoms with Gasteiger partial charge in [0.25, 0.3) is 5.56 Å². The summed E-state index contributed by atoms with van der Waals surface area (Å²) in [5, 5.41) is 10.9. The van der Waals surface area contributed by atoms with Crippen LogP contribution in [-0.2, 0) is 5.41 Å². The zero-order chi connectivity index (χ0) is 23.6. The average molecular weight is 480 g/mol. The van der Waals surface area contributed by atoms with E-state index in [0.29, 0.717) is 16.3 Å². The first-order chi connectivity index (χ1) is 16.4. The van der Waals surface area contributed by atoms with Crippen LogP contribution < -0.4 is 11.2 Å². The number of rotatable bonds is 2. The molecule has 1 aliphatic carbocycles. The minimum atomic E-state index is -0.789. The highest BCUT2D eigenvalue weighted by Gasteiger charge is 2.45. The van der Waals surface area contributed by atoms with Crippen LogP contribution in [0.15, 0.2) is 72.3 Å². The number of aromatic nitrogens is 1. The lowest BCUT2D eigenvalue weighted by atomic mass is 9.68. The molecule has 1 fully saturated rings. The van der Waals surface area contributed by atoms with Crippen molar-refractivity contribution in [3.63, 3.8) is 0 Å². The predicted molar refractivity (Wildman–Crippen MR) is 124 cm³/mol. The van der Waals surface area contributed by atoms with Crippen molar-refractivity contribution in [1.29, 1.82) is 0 Å². The molecular weight excluding hydrogens is 460 g/mol. The molecule has 0 saturated heterocycles. The Morgan fingerprint density at radius 3 is 2.38 bits per heavy atom. The van der Waals surface area contributed by atoms with Gasteiger partial charge in [0.15, 0.2) is 5.75 Å². The third kappa shape index (κ3) is 2.98. The van der Waals surface area contributed by atoms with Crippen LogP contribution in [0, 0.1) is 11.6 Å². The first-order valence-corrected chi connectivity index (χ1v) is 11.9. The second kappa shape index (κ2) is 7.56. The molecule has 6 rings (SSSR count). The number of halogens is 2. The molecule has 2 aliphatic rings. The van der Waals surface area contributed by atoms with Gasteiger partial charge in [0, 0.05) is 22.1 Å². The number of fused-ring (bicyclic) bond motifs is 6. The van der Waals surface area contributed by atoms with Crippen molar-refractivity contribution in [3.05, 3.63) is 92.2 Å². The van der Waals surface area contributed by atoms with E-state index >= 15 is 0 Å². The lowest BCUT2D eigenvalue weighted by Gasteiger charge is -2.34. The van der Waals surface area contributed by atoms with E-state index in [9.17, 15) is 23.5 Å². The minimum absolute atomic E-state index is 0.000401. The third-order valence-corrected chi connectivity index (χ3v) is 8.03. The van der Waals surface area contributed by atoms with Crippen molar-refractivity contribution in [2.24, 2.45) is 0 Å². The Bertz CT molecular complexity index is 1580. The number of benzene rings is 2. The summed E-state index contributed by atoms with van der Waals surface area (Å²) in [4.78, 5) is 26.9. The van der Waals surface area contributed by atoms with Crippen molar-refractivity contribution >= 4 is 22.7 Å². The molecule has 0 unspecified atom stereocenters. The monoisotopic (exact) mass is 479 g/mol. The highest BCUT2D eigenvalue weighted by atomic mass is 32.2. The Morgan fingerprint density at radius 2 is 1.65 bits per heavy atom. The van der Waals surface area contributed by atoms with Gasteiger partial charge in [-0.3, -0.25) is 9.36 Å². The number of pyridine rings is 1. The summed E-state index contributed by atoms with van der Waals surface area (Å²) in [6.45, 7) is 0. The summed E-state index contributed by atoms with van der Waals surface area (Å²) in [7, 11) is 0. The molecule has 5 nitrogen and oxygen atoms in total. The standard InChI is InChI=1S/C26H19F2NO4S/c27-14-4-7-16(8-5-14)34-23-22(30)21-19(33-25(23)32)13-20-26(10-2-1-3-11-26)17-12-15(28)6-9-18(17)29(20)24(21)31/h4-9,12-13,30H,1-3,10-11H2. The van der Waals surface area contributed by atoms with Crippen molar-refractivity contribution in [2.75, 3.05) is 0 Å². The maximum atomic E-state index is 14.3. The largest absolute Gasteiger partial charge is 0.505 e. The first kappa shape index (κ1) is 21.2. The van der Waals surface area contributed by atoms with Crippen LogP contribution in [0.25, 0.3) is 16.7 Å². The summed E-state index contributed by atoms with van der Waals surface area (Å²) in [6, 6.07) is 11.5. The van der Waals surface area contributed by atoms with Crippen LogP contribution in [0.1, 0.15) is 43.4 Å². The second-order valence-corrected chi connectivity index (χ2v) is 9.92. The summed E-state index contributed by atoms with van der Waals surface area (Å²) < 4.78 is 34.6. The van der Waals surface area contributed by atoms with E-state index in [0.717, 1.165) is 49.4 Å². The summed E-state index contributed by atoms with van der Waals surface area (Å²) in [6.07, 6.45) is 4.44. The molecule has 1 spiro atoms. The Kier molecular flexibility index (Phi) is 4.71. The van der Waals surface area contributed by atoms with E-state index in [2.05, 4.69) is 0 Å². The normalized spacial score (nSPS) is 16.1. The molecule has 4 aromatic rings. The minimum Gasteiger partial charge on any atom is -0.505 e. The molecule has 1 saturated carbocycles. The molecule has 8 heteroatoms. The topological polar surface area (TPSA) is 72.4 Å². The Balaban J connectivity index is 1.62. The van der Waals surface area contributed by atoms with Gasteiger partial charge < -0.3 is 9.52 Å². The van der Waals surface area contributed by atoms with E-state index in [-0.39, 0.29) is 21.7 Å². The number of nitrogens with zero attached hydrogens (tertiary/aromatic N) is 1. The number of hydrogen-bond donors (Lipinski definition) is 1. The molecule has 0 amide bonds. The summed E-state index contributed by atoms with van der Waals surface area (Å²) in [5.74, 6) is -1.28. The molecule has 2 aromatic heterocycles. The Labute approximate surface area is 196 Å². The molecule has 2 aromatic carbocycles. The molecule has 0 atom stereocenters. The molecule has 34 heavy (non-hydrogen) atoms. The molecule has 1 aliphatic heterocycles. The predicted octanol–water partition coefficient (Wildman–Crippen LogP) is 5.64.